The van der Waals surface area contributed by atoms with Gasteiger partial charge in [-0.1, -0.05) is 18.2 Å². The molecule has 1 N–H and O–H groups in total. The fourth-order valence-electron chi connectivity index (χ4n) is 3.11. The molecule has 0 aliphatic carbocycles. The standard InChI is InChI=1S/C18H23N3O2S/c1-13-16(11-20(3)17(22)18(23)9-10-24-12-18)14(2)21(19-13)15-7-5-4-6-8-15/h4-8,23H,9-12H2,1-3H3. The van der Waals surface area contributed by atoms with Crippen LogP contribution < -0.4 is 0 Å². The Labute approximate surface area is 146 Å². The molecular weight excluding hydrogens is 322 g/mol. The fraction of sp³-hybridized carbons (Fsp3) is 0.444. The van der Waals surface area contributed by atoms with Crippen LogP contribution in [0.15, 0.2) is 30.3 Å². The van der Waals surface area contributed by atoms with Crippen molar-refractivity contribution < 1.29 is 9.90 Å². The van der Waals surface area contributed by atoms with Crippen LogP contribution in [0.25, 0.3) is 5.69 Å². The van der Waals surface area contributed by atoms with Crippen molar-refractivity contribution in [2.45, 2.75) is 32.4 Å². The lowest BCUT2D eigenvalue weighted by Gasteiger charge is -2.27. The molecule has 0 saturated carbocycles. The molecule has 24 heavy (non-hydrogen) atoms. The quantitative estimate of drug-likeness (QED) is 0.924. The summed E-state index contributed by atoms with van der Waals surface area (Å²) in [6.45, 7) is 4.43. The number of aliphatic hydroxyl groups is 1. The SMILES string of the molecule is Cc1nn(-c2ccccc2)c(C)c1CN(C)C(=O)C1(O)CCSC1. The lowest BCUT2D eigenvalue weighted by molar-refractivity contribution is -0.147. The number of rotatable bonds is 4. The van der Waals surface area contributed by atoms with Crippen molar-refractivity contribution >= 4 is 17.7 Å². The molecule has 1 amide bonds. The van der Waals surface area contributed by atoms with E-state index in [9.17, 15) is 9.90 Å². The van der Waals surface area contributed by atoms with Gasteiger partial charge in [0.15, 0.2) is 5.60 Å². The van der Waals surface area contributed by atoms with Crippen LogP contribution in [-0.4, -0.2) is 49.8 Å². The average molecular weight is 345 g/mol. The molecule has 1 unspecified atom stereocenters. The molecule has 1 saturated heterocycles. The molecular formula is C18H23N3O2S. The number of hydrogen-bond donors (Lipinski definition) is 1. The van der Waals surface area contributed by atoms with Gasteiger partial charge in [-0.3, -0.25) is 4.79 Å². The van der Waals surface area contributed by atoms with E-state index < -0.39 is 5.60 Å². The average Bonchev–Trinajstić information content (AvgIpc) is 3.14. The van der Waals surface area contributed by atoms with E-state index >= 15 is 0 Å². The van der Waals surface area contributed by atoms with E-state index in [0.29, 0.717) is 18.7 Å². The fourth-order valence-corrected chi connectivity index (χ4v) is 4.34. The Morgan fingerprint density at radius 1 is 1.38 bits per heavy atom. The third kappa shape index (κ3) is 3.08. The number of benzene rings is 1. The van der Waals surface area contributed by atoms with E-state index in [-0.39, 0.29) is 5.91 Å². The minimum Gasteiger partial charge on any atom is -0.379 e. The topological polar surface area (TPSA) is 58.4 Å². The first kappa shape index (κ1) is 17.0. The molecule has 5 nitrogen and oxygen atoms in total. The van der Waals surface area contributed by atoms with Crippen LogP contribution in [0, 0.1) is 13.8 Å². The number of hydrogen-bond acceptors (Lipinski definition) is 4. The molecule has 0 radical (unpaired) electrons. The Balaban J connectivity index is 1.83. The maximum atomic E-state index is 12.6. The van der Waals surface area contributed by atoms with Gasteiger partial charge in [0.1, 0.15) is 0 Å². The van der Waals surface area contributed by atoms with Crippen LogP contribution in [0.4, 0.5) is 0 Å². The van der Waals surface area contributed by atoms with Gasteiger partial charge in [-0.15, -0.1) is 0 Å². The number of para-hydroxylation sites is 1. The molecule has 128 valence electrons. The number of carbonyl (C=O) groups excluding carboxylic acids is 1. The zero-order valence-corrected chi connectivity index (χ0v) is 15.1. The molecule has 0 bridgehead atoms. The van der Waals surface area contributed by atoms with Gasteiger partial charge in [0.05, 0.1) is 11.4 Å². The van der Waals surface area contributed by atoms with Crippen LogP contribution in [0.5, 0.6) is 0 Å². The molecule has 2 aromatic rings. The van der Waals surface area contributed by atoms with Gasteiger partial charge in [-0.2, -0.15) is 16.9 Å². The van der Waals surface area contributed by atoms with Gasteiger partial charge in [0.25, 0.3) is 5.91 Å². The highest BCUT2D eigenvalue weighted by Crippen LogP contribution is 2.30. The van der Waals surface area contributed by atoms with Crippen molar-refractivity contribution in [3.63, 3.8) is 0 Å². The number of carbonyl (C=O) groups is 1. The number of thioether (sulfide) groups is 1. The summed E-state index contributed by atoms with van der Waals surface area (Å²) in [5, 5.41) is 15.1. The van der Waals surface area contributed by atoms with Gasteiger partial charge < -0.3 is 10.0 Å². The summed E-state index contributed by atoms with van der Waals surface area (Å²) >= 11 is 1.63. The van der Waals surface area contributed by atoms with Crippen molar-refractivity contribution in [2.24, 2.45) is 0 Å². The number of likely N-dealkylation sites (N-methyl/N-ethyl adjacent to an activating group) is 1. The Bertz CT molecular complexity index is 736. The Hall–Kier alpha value is -1.79. The second-order valence-corrected chi connectivity index (χ2v) is 7.50. The maximum Gasteiger partial charge on any atom is 0.255 e. The molecule has 1 atom stereocenters. The van der Waals surface area contributed by atoms with Crippen molar-refractivity contribution in [2.75, 3.05) is 18.6 Å². The summed E-state index contributed by atoms with van der Waals surface area (Å²) in [5.74, 6) is 1.12. The van der Waals surface area contributed by atoms with E-state index in [1.165, 1.54) is 0 Å². The van der Waals surface area contributed by atoms with E-state index in [1.807, 2.05) is 48.9 Å². The molecule has 1 aromatic carbocycles. The van der Waals surface area contributed by atoms with E-state index in [2.05, 4.69) is 5.10 Å². The minimum atomic E-state index is -1.21. The van der Waals surface area contributed by atoms with E-state index in [1.54, 1.807) is 23.7 Å². The van der Waals surface area contributed by atoms with Crippen molar-refractivity contribution in [1.82, 2.24) is 14.7 Å². The van der Waals surface area contributed by atoms with Gasteiger partial charge in [0, 0.05) is 30.6 Å². The maximum absolute atomic E-state index is 12.6. The Kier molecular flexibility index (Phi) is 4.69. The molecule has 1 aromatic heterocycles. The van der Waals surface area contributed by atoms with Crippen molar-refractivity contribution in [1.29, 1.82) is 0 Å². The normalized spacial score (nSPS) is 20.3. The molecule has 1 fully saturated rings. The van der Waals surface area contributed by atoms with Gasteiger partial charge >= 0.3 is 0 Å². The molecule has 1 aliphatic heterocycles. The predicted octanol–water partition coefficient (Wildman–Crippen LogP) is 2.32. The largest absolute Gasteiger partial charge is 0.379 e. The summed E-state index contributed by atoms with van der Waals surface area (Å²) in [4.78, 5) is 14.2. The summed E-state index contributed by atoms with van der Waals surface area (Å²) < 4.78 is 1.91. The predicted molar refractivity (Wildman–Crippen MR) is 96.4 cm³/mol. The Morgan fingerprint density at radius 2 is 2.08 bits per heavy atom. The third-order valence-corrected chi connectivity index (χ3v) is 5.76. The molecule has 1 aliphatic rings. The zero-order valence-electron chi connectivity index (χ0n) is 14.3. The van der Waals surface area contributed by atoms with Crippen LogP contribution >= 0.6 is 11.8 Å². The third-order valence-electron chi connectivity index (χ3n) is 4.58. The van der Waals surface area contributed by atoms with Gasteiger partial charge in [0.2, 0.25) is 0 Å². The number of amides is 1. The summed E-state index contributed by atoms with van der Waals surface area (Å²) in [7, 11) is 1.75. The number of aromatic nitrogens is 2. The smallest absolute Gasteiger partial charge is 0.255 e. The second-order valence-electron chi connectivity index (χ2n) is 6.39. The van der Waals surface area contributed by atoms with Crippen molar-refractivity contribution in [3.05, 3.63) is 47.3 Å². The first-order valence-electron chi connectivity index (χ1n) is 8.08. The zero-order chi connectivity index (χ0) is 17.3. The van der Waals surface area contributed by atoms with Gasteiger partial charge in [-0.05, 0) is 38.2 Å². The molecule has 0 spiro atoms. The van der Waals surface area contributed by atoms with Crippen LogP contribution in [0.2, 0.25) is 0 Å². The van der Waals surface area contributed by atoms with Crippen molar-refractivity contribution in [3.8, 4) is 5.69 Å². The Morgan fingerprint density at radius 3 is 2.71 bits per heavy atom. The molecule has 3 rings (SSSR count). The van der Waals surface area contributed by atoms with Crippen LogP contribution in [0.1, 0.15) is 23.4 Å². The molecule has 2 heterocycles. The molecule has 6 heteroatoms. The van der Waals surface area contributed by atoms with Crippen LogP contribution in [-0.2, 0) is 11.3 Å². The lowest BCUT2D eigenvalue weighted by Crippen LogP contribution is -2.47. The highest BCUT2D eigenvalue weighted by atomic mass is 32.2. The highest BCUT2D eigenvalue weighted by Gasteiger charge is 2.41. The van der Waals surface area contributed by atoms with Gasteiger partial charge in [-0.25, -0.2) is 4.68 Å². The number of nitrogens with zero attached hydrogens (tertiary/aromatic N) is 3. The highest BCUT2D eigenvalue weighted by molar-refractivity contribution is 7.99. The summed E-state index contributed by atoms with van der Waals surface area (Å²) in [6.07, 6.45) is 0.530. The summed E-state index contributed by atoms with van der Waals surface area (Å²) in [5.41, 5.74) is 2.75. The number of aryl methyl sites for hydroxylation is 1. The van der Waals surface area contributed by atoms with E-state index in [4.69, 9.17) is 0 Å². The van der Waals surface area contributed by atoms with E-state index in [0.717, 1.165) is 28.4 Å². The first-order valence-corrected chi connectivity index (χ1v) is 9.24. The monoisotopic (exact) mass is 345 g/mol. The first-order chi connectivity index (χ1) is 11.4. The lowest BCUT2D eigenvalue weighted by atomic mass is 10.0. The minimum absolute atomic E-state index is 0.196. The second kappa shape index (κ2) is 6.61. The van der Waals surface area contributed by atoms with Crippen LogP contribution in [0.3, 0.4) is 0 Å². The summed E-state index contributed by atoms with van der Waals surface area (Å²) in [6, 6.07) is 9.96.